The molecule has 0 saturated carbocycles. The molecule has 1 atom stereocenters. The number of hydrogen-bond acceptors (Lipinski definition) is 3. The highest BCUT2D eigenvalue weighted by atomic mass is 16.3. The van der Waals surface area contributed by atoms with Crippen LogP contribution in [0.4, 0.5) is 0 Å². The van der Waals surface area contributed by atoms with Crippen LogP contribution in [0.2, 0.25) is 0 Å². The number of aliphatic hydroxyl groups excluding tert-OH is 2. The van der Waals surface area contributed by atoms with Crippen molar-refractivity contribution in [1.82, 2.24) is 0 Å². The zero-order valence-electron chi connectivity index (χ0n) is 5.94. The van der Waals surface area contributed by atoms with Crippen LogP contribution in [-0.2, 0) is 0 Å². The Labute approximate surface area is 64.5 Å². The summed E-state index contributed by atoms with van der Waals surface area (Å²) in [5.41, 5.74) is 0.521. The molecule has 0 fully saturated rings. The van der Waals surface area contributed by atoms with Crippen LogP contribution in [0.25, 0.3) is 0 Å². The maximum Gasteiger partial charge on any atom is 0.115 e. The lowest BCUT2D eigenvalue weighted by Gasteiger charge is -2.06. The van der Waals surface area contributed by atoms with E-state index in [4.69, 9.17) is 15.3 Å². The summed E-state index contributed by atoms with van der Waals surface area (Å²) in [7, 11) is 0. The van der Waals surface area contributed by atoms with Gasteiger partial charge in [0, 0.05) is 0 Å². The third kappa shape index (κ3) is 1.93. The topological polar surface area (TPSA) is 60.7 Å². The Morgan fingerprint density at radius 3 is 2.64 bits per heavy atom. The highest BCUT2D eigenvalue weighted by Gasteiger charge is 2.04. The SMILES string of the molecule is OC[C@@H](O)c1cccc(O)c1. The number of phenolic OH excluding ortho intramolecular Hbond substituents is 1. The first kappa shape index (κ1) is 8.04. The van der Waals surface area contributed by atoms with Crippen LogP contribution in [0, 0.1) is 0 Å². The van der Waals surface area contributed by atoms with E-state index in [0.717, 1.165) is 0 Å². The van der Waals surface area contributed by atoms with Gasteiger partial charge in [-0.15, -0.1) is 0 Å². The Balaban J connectivity index is 2.86. The van der Waals surface area contributed by atoms with Gasteiger partial charge in [0.25, 0.3) is 0 Å². The zero-order valence-corrected chi connectivity index (χ0v) is 5.94. The van der Waals surface area contributed by atoms with E-state index in [0.29, 0.717) is 5.56 Å². The molecule has 0 amide bonds. The maximum absolute atomic E-state index is 9.09. The molecule has 0 unspecified atom stereocenters. The lowest BCUT2D eigenvalue weighted by atomic mass is 10.1. The minimum Gasteiger partial charge on any atom is -0.508 e. The van der Waals surface area contributed by atoms with Gasteiger partial charge >= 0.3 is 0 Å². The van der Waals surface area contributed by atoms with Crippen molar-refractivity contribution in [2.45, 2.75) is 6.10 Å². The minimum atomic E-state index is -0.901. The van der Waals surface area contributed by atoms with Crippen LogP contribution >= 0.6 is 0 Å². The second-order valence-electron chi connectivity index (χ2n) is 2.29. The van der Waals surface area contributed by atoms with E-state index in [1.54, 1.807) is 12.1 Å². The quantitative estimate of drug-likeness (QED) is 0.578. The van der Waals surface area contributed by atoms with Crippen molar-refractivity contribution in [3.8, 4) is 5.75 Å². The van der Waals surface area contributed by atoms with Crippen LogP contribution in [0.5, 0.6) is 5.75 Å². The molecule has 0 aliphatic rings. The van der Waals surface area contributed by atoms with Crippen molar-refractivity contribution >= 4 is 0 Å². The van der Waals surface area contributed by atoms with E-state index in [1.807, 2.05) is 0 Å². The highest BCUT2D eigenvalue weighted by molar-refractivity contribution is 5.28. The first-order valence-electron chi connectivity index (χ1n) is 3.32. The van der Waals surface area contributed by atoms with Crippen LogP contribution in [0.3, 0.4) is 0 Å². The van der Waals surface area contributed by atoms with Gasteiger partial charge in [-0.25, -0.2) is 0 Å². The molecule has 0 saturated heterocycles. The summed E-state index contributed by atoms with van der Waals surface area (Å²) < 4.78 is 0. The van der Waals surface area contributed by atoms with Crippen molar-refractivity contribution < 1.29 is 15.3 Å². The van der Waals surface area contributed by atoms with E-state index in [1.165, 1.54) is 12.1 Å². The van der Waals surface area contributed by atoms with E-state index in [-0.39, 0.29) is 12.4 Å². The van der Waals surface area contributed by atoms with Gasteiger partial charge in [-0.05, 0) is 17.7 Å². The van der Waals surface area contributed by atoms with Crippen molar-refractivity contribution in [1.29, 1.82) is 0 Å². The Morgan fingerprint density at radius 2 is 2.09 bits per heavy atom. The lowest BCUT2D eigenvalue weighted by Crippen LogP contribution is -2.01. The molecule has 1 aromatic rings. The summed E-state index contributed by atoms with van der Waals surface area (Å²) in [5, 5.41) is 26.6. The van der Waals surface area contributed by atoms with Crippen molar-refractivity contribution in [2.24, 2.45) is 0 Å². The van der Waals surface area contributed by atoms with Crippen molar-refractivity contribution in [3.63, 3.8) is 0 Å². The maximum atomic E-state index is 9.09. The Hall–Kier alpha value is -1.06. The molecular weight excluding hydrogens is 144 g/mol. The molecule has 1 aromatic carbocycles. The molecule has 11 heavy (non-hydrogen) atoms. The second kappa shape index (κ2) is 3.37. The zero-order chi connectivity index (χ0) is 8.27. The summed E-state index contributed by atoms with van der Waals surface area (Å²) in [4.78, 5) is 0. The fourth-order valence-electron chi connectivity index (χ4n) is 0.837. The average Bonchev–Trinajstić information content (AvgIpc) is 2.03. The highest BCUT2D eigenvalue weighted by Crippen LogP contribution is 2.16. The normalized spacial score (nSPS) is 12.9. The first-order chi connectivity index (χ1) is 5.24. The van der Waals surface area contributed by atoms with E-state index >= 15 is 0 Å². The molecular formula is C8H10O3. The van der Waals surface area contributed by atoms with Gasteiger partial charge in [0.05, 0.1) is 6.61 Å². The number of hydrogen-bond donors (Lipinski definition) is 3. The molecule has 0 aliphatic carbocycles. The molecule has 3 N–H and O–H groups in total. The molecule has 0 heterocycles. The summed E-state index contributed by atoms with van der Waals surface area (Å²) in [5.74, 6) is 0.0926. The van der Waals surface area contributed by atoms with Gasteiger partial charge in [-0.3, -0.25) is 0 Å². The summed E-state index contributed by atoms with van der Waals surface area (Å²) in [6, 6.07) is 6.18. The van der Waals surface area contributed by atoms with Crippen LogP contribution in [0.15, 0.2) is 24.3 Å². The molecule has 0 bridgehead atoms. The molecule has 0 radical (unpaired) electrons. The second-order valence-corrected chi connectivity index (χ2v) is 2.29. The molecule has 60 valence electrons. The first-order valence-corrected chi connectivity index (χ1v) is 3.32. The van der Waals surface area contributed by atoms with Gasteiger partial charge in [0.2, 0.25) is 0 Å². The van der Waals surface area contributed by atoms with E-state index in [2.05, 4.69) is 0 Å². The molecule has 0 aliphatic heterocycles. The lowest BCUT2D eigenvalue weighted by molar-refractivity contribution is 0.0954. The molecule has 0 aromatic heterocycles. The minimum absolute atomic E-state index is 0.0926. The Kier molecular flexibility index (Phi) is 2.46. The molecule has 1 rings (SSSR count). The van der Waals surface area contributed by atoms with Gasteiger partial charge in [-0.1, -0.05) is 12.1 Å². The van der Waals surface area contributed by atoms with Gasteiger partial charge < -0.3 is 15.3 Å². The number of benzene rings is 1. The number of phenols is 1. The predicted molar refractivity (Wildman–Crippen MR) is 40.2 cm³/mol. The summed E-state index contributed by atoms with van der Waals surface area (Å²) >= 11 is 0. The van der Waals surface area contributed by atoms with Crippen LogP contribution in [-0.4, -0.2) is 21.9 Å². The average molecular weight is 154 g/mol. The standard InChI is InChI=1S/C8H10O3/c9-5-8(11)6-2-1-3-7(10)4-6/h1-4,8-11H,5H2/t8-/m1/s1. The number of aromatic hydroxyl groups is 1. The van der Waals surface area contributed by atoms with Crippen LogP contribution < -0.4 is 0 Å². The fraction of sp³-hybridized carbons (Fsp3) is 0.250. The number of rotatable bonds is 2. The monoisotopic (exact) mass is 154 g/mol. The molecule has 0 spiro atoms. The smallest absolute Gasteiger partial charge is 0.115 e. The number of aliphatic hydroxyl groups is 2. The third-order valence-corrected chi connectivity index (χ3v) is 1.43. The van der Waals surface area contributed by atoms with E-state index < -0.39 is 6.10 Å². The van der Waals surface area contributed by atoms with Gasteiger partial charge in [-0.2, -0.15) is 0 Å². The summed E-state index contributed by atoms with van der Waals surface area (Å²) in [6.45, 7) is -0.330. The predicted octanol–water partition coefficient (Wildman–Crippen LogP) is 0.418. The van der Waals surface area contributed by atoms with Crippen molar-refractivity contribution in [3.05, 3.63) is 29.8 Å². The fourth-order valence-corrected chi connectivity index (χ4v) is 0.837. The Bertz CT molecular complexity index is 235. The summed E-state index contributed by atoms with van der Waals surface area (Å²) in [6.07, 6.45) is -0.901. The largest absolute Gasteiger partial charge is 0.508 e. The van der Waals surface area contributed by atoms with Crippen molar-refractivity contribution in [2.75, 3.05) is 6.61 Å². The van der Waals surface area contributed by atoms with Gasteiger partial charge in [0.1, 0.15) is 11.9 Å². The Morgan fingerprint density at radius 1 is 1.36 bits per heavy atom. The third-order valence-electron chi connectivity index (χ3n) is 1.43. The molecule has 3 heteroatoms. The van der Waals surface area contributed by atoms with E-state index in [9.17, 15) is 0 Å². The van der Waals surface area contributed by atoms with Gasteiger partial charge in [0.15, 0.2) is 0 Å². The molecule has 3 nitrogen and oxygen atoms in total. The van der Waals surface area contributed by atoms with Crippen LogP contribution in [0.1, 0.15) is 11.7 Å².